The number of halogens is 1. The van der Waals surface area contributed by atoms with Gasteiger partial charge in [0.2, 0.25) is 0 Å². The fourth-order valence-corrected chi connectivity index (χ4v) is 3.42. The molecule has 1 rings (SSSR count). The first kappa shape index (κ1) is 16.2. The summed E-state index contributed by atoms with van der Waals surface area (Å²) in [5.74, 6) is 0. The minimum absolute atomic E-state index is 0.599. The standard InChI is InChI=1S/C14H25BrN2S/c1-4-17(5-2)10-6-7-12(3)16-11-13-8-9-14(15)18-13/h8-9,12,16H,4-7,10-11H2,1-3H3. The Labute approximate surface area is 124 Å². The van der Waals surface area contributed by atoms with E-state index in [9.17, 15) is 0 Å². The van der Waals surface area contributed by atoms with Crippen molar-refractivity contribution in [2.45, 2.75) is 46.2 Å². The highest BCUT2D eigenvalue weighted by atomic mass is 79.9. The SMILES string of the molecule is CCN(CC)CCCC(C)NCc1ccc(Br)s1. The second-order valence-corrected chi connectivity index (χ2v) is 7.20. The molecule has 0 aliphatic heterocycles. The molecule has 1 heterocycles. The van der Waals surface area contributed by atoms with Crippen molar-refractivity contribution in [3.8, 4) is 0 Å². The summed E-state index contributed by atoms with van der Waals surface area (Å²) in [6.45, 7) is 11.3. The first-order chi connectivity index (χ1) is 8.65. The third kappa shape index (κ3) is 6.32. The number of thiophene rings is 1. The zero-order valence-electron chi connectivity index (χ0n) is 11.7. The average Bonchev–Trinajstić information content (AvgIpc) is 2.78. The summed E-state index contributed by atoms with van der Waals surface area (Å²) in [5.41, 5.74) is 0. The maximum absolute atomic E-state index is 3.59. The number of nitrogens with zero attached hydrogens (tertiary/aromatic N) is 1. The van der Waals surface area contributed by atoms with Gasteiger partial charge in [-0.05, 0) is 67.5 Å². The Hall–Kier alpha value is 0.1000. The predicted octanol–water partition coefficient (Wildman–Crippen LogP) is 4.11. The van der Waals surface area contributed by atoms with E-state index in [4.69, 9.17) is 0 Å². The Morgan fingerprint density at radius 3 is 2.61 bits per heavy atom. The monoisotopic (exact) mass is 332 g/mol. The molecule has 1 unspecified atom stereocenters. The number of nitrogens with one attached hydrogen (secondary N) is 1. The van der Waals surface area contributed by atoms with Crippen molar-refractivity contribution in [3.63, 3.8) is 0 Å². The lowest BCUT2D eigenvalue weighted by Gasteiger charge is -2.19. The Morgan fingerprint density at radius 1 is 1.33 bits per heavy atom. The lowest BCUT2D eigenvalue weighted by molar-refractivity contribution is 0.290. The first-order valence-electron chi connectivity index (χ1n) is 6.85. The Kier molecular flexibility index (Phi) is 8.15. The van der Waals surface area contributed by atoms with Crippen LogP contribution in [0.4, 0.5) is 0 Å². The van der Waals surface area contributed by atoms with E-state index in [0.717, 1.165) is 6.54 Å². The van der Waals surface area contributed by atoms with Gasteiger partial charge in [-0.2, -0.15) is 0 Å². The van der Waals surface area contributed by atoms with Gasteiger partial charge in [-0.3, -0.25) is 0 Å². The van der Waals surface area contributed by atoms with Crippen LogP contribution in [-0.4, -0.2) is 30.6 Å². The molecule has 18 heavy (non-hydrogen) atoms. The molecule has 0 aliphatic carbocycles. The van der Waals surface area contributed by atoms with Crippen LogP contribution in [0, 0.1) is 0 Å². The molecule has 0 aromatic carbocycles. The van der Waals surface area contributed by atoms with Gasteiger partial charge in [0.05, 0.1) is 3.79 Å². The molecule has 1 atom stereocenters. The molecule has 0 radical (unpaired) electrons. The van der Waals surface area contributed by atoms with Gasteiger partial charge >= 0.3 is 0 Å². The smallest absolute Gasteiger partial charge is 0.0701 e. The Bertz CT molecular complexity index is 323. The lowest BCUT2D eigenvalue weighted by Crippen LogP contribution is -2.28. The molecule has 0 saturated carbocycles. The highest BCUT2D eigenvalue weighted by Crippen LogP contribution is 2.21. The fraction of sp³-hybridized carbons (Fsp3) is 0.714. The van der Waals surface area contributed by atoms with Gasteiger partial charge < -0.3 is 10.2 Å². The molecule has 1 aromatic rings. The summed E-state index contributed by atoms with van der Waals surface area (Å²) in [6, 6.07) is 4.90. The number of rotatable bonds is 9. The third-order valence-electron chi connectivity index (χ3n) is 3.26. The van der Waals surface area contributed by atoms with Crippen molar-refractivity contribution >= 4 is 27.3 Å². The molecule has 1 N–H and O–H groups in total. The van der Waals surface area contributed by atoms with Crippen LogP contribution in [0.3, 0.4) is 0 Å². The molecule has 4 heteroatoms. The quantitative estimate of drug-likeness (QED) is 0.732. The van der Waals surface area contributed by atoms with Crippen LogP contribution in [0.1, 0.15) is 38.5 Å². The zero-order valence-corrected chi connectivity index (χ0v) is 14.1. The van der Waals surface area contributed by atoms with Gasteiger partial charge in [0.25, 0.3) is 0 Å². The molecule has 2 nitrogen and oxygen atoms in total. The minimum Gasteiger partial charge on any atom is -0.309 e. The van der Waals surface area contributed by atoms with Crippen LogP contribution >= 0.6 is 27.3 Å². The second kappa shape index (κ2) is 9.08. The van der Waals surface area contributed by atoms with Crippen LogP contribution in [0.25, 0.3) is 0 Å². The fourth-order valence-electron chi connectivity index (χ4n) is 1.98. The summed E-state index contributed by atoms with van der Waals surface area (Å²) in [5, 5.41) is 3.59. The maximum Gasteiger partial charge on any atom is 0.0701 e. The van der Waals surface area contributed by atoms with E-state index in [-0.39, 0.29) is 0 Å². The lowest BCUT2D eigenvalue weighted by atomic mass is 10.1. The van der Waals surface area contributed by atoms with E-state index in [0.29, 0.717) is 6.04 Å². The van der Waals surface area contributed by atoms with Crippen LogP contribution in [-0.2, 0) is 6.54 Å². The van der Waals surface area contributed by atoms with Gasteiger partial charge in [0, 0.05) is 17.5 Å². The van der Waals surface area contributed by atoms with Gasteiger partial charge in [-0.25, -0.2) is 0 Å². The largest absolute Gasteiger partial charge is 0.309 e. The van der Waals surface area contributed by atoms with Crippen molar-refractivity contribution in [1.82, 2.24) is 10.2 Å². The molecule has 0 saturated heterocycles. The molecule has 0 aliphatic rings. The van der Waals surface area contributed by atoms with Crippen molar-refractivity contribution in [1.29, 1.82) is 0 Å². The zero-order chi connectivity index (χ0) is 13.4. The molecule has 0 amide bonds. The molecule has 0 bridgehead atoms. The van der Waals surface area contributed by atoms with Crippen LogP contribution in [0.15, 0.2) is 15.9 Å². The molecular formula is C14H25BrN2S. The average molecular weight is 333 g/mol. The van der Waals surface area contributed by atoms with Crippen molar-refractivity contribution in [2.24, 2.45) is 0 Å². The van der Waals surface area contributed by atoms with E-state index in [1.54, 1.807) is 0 Å². The Morgan fingerprint density at radius 2 is 2.06 bits per heavy atom. The van der Waals surface area contributed by atoms with E-state index in [1.807, 2.05) is 11.3 Å². The highest BCUT2D eigenvalue weighted by Gasteiger charge is 2.04. The summed E-state index contributed by atoms with van der Waals surface area (Å²) in [6.07, 6.45) is 2.53. The number of hydrogen-bond donors (Lipinski definition) is 1. The first-order valence-corrected chi connectivity index (χ1v) is 8.46. The number of hydrogen-bond acceptors (Lipinski definition) is 3. The third-order valence-corrected chi connectivity index (χ3v) is 4.88. The normalized spacial score (nSPS) is 13.2. The summed E-state index contributed by atoms with van der Waals surface area (Å²) in [7, 11) is 0. The van der Waals surface area contributed by atoms with E-state index >= 15 is 0 Å². The molecule has 0 fully saturated rings. The molecule has 0 spiro atoms. The van der Waals surface area contributed by atoms with Crippen LogP contribution < -0.4 is 5.32 Å². The topological polar surface area (TPSA) is 15.3 Å². The summed E-state index contributed by atoms with van der Waals surface area (Å²) in [4.78, 5) is 3.89. The maximum atomic E-state index is 3.59. The van der Waals surface area contributed by atoms with E-state index in [1.165, 1.54) is 41.1 Å². The van der Waals surface area contributed by atoms with E-state index < -0.39 is 0 Å². The predicted molar refractivity (Wildman–Crippen MR) is 85.3 cm³/mol. The van der Waals surface area contributed by atoms with E-state index in [2.05, 4.69) is 59.1 Å². The second-order valence-electron chi connectivity index (χ2n) is 4.66. The van der Waals surface area contributed by atoms with Gasteiger partial charge in [-0.1, -0.05) is 13.8 Å². The van der Waals surface area contributed by atoms with Crippen LogP contribution in [0.2, 0.25) is 0 Å². The van der Waals surface area contributed by atoms with Gasteiger partial charge in [0.15, 0.2) is 0 Å². The van der Waals surface area contributed by atoms with Crippen molar-refractivity contribution in [3.05, 3.63) is 20.8 Å². The molecular weight excluding hydrogens is 308 g/mol. The molecule has 104 valence electrons. The summed E-state index contributed by atoms with van der Waals surface area (Å²) >= 11 is 5.31. The van der Waals surface area contributed by atoms with Crippen molar-refractivity contribution in [2.75, 3.05) is 19.6 Å². The minimum atomic E-state index is 0.599. The van der Waals surface area contributed by atoms with Crippen molar-refractivity contribution < 1.29 is 0 Å². The Balaban J connectivity index is 2.12. The van der Waals surface area contributed by atoms with Gasteiger partial charge in [-0.15, -0.1) is 11.3 Å². The van der Waals surface area contributed by atoms with Gasteiger partial charge in [0.1, 0.15) is 0 Å². The molecule has 1 aromatic heterocycles. The summed E-state index contributed by atoms with van der Waals surface area (Å²) < 4.78 is 1.22. The van der Waals surface area contributed by atoms with Crippen LogP contribution in [0.5, 0.6) is 0 Å². The highest BCUT2D eigenvalue weighted by molar-refractivity contribution is 9.11.